The van der Waals surface area contributed by atoms with Gasteiger partial charge in [0.05, 0.1) is 11.7 Å². The first kappa shape index (κ1) is 26.5. The third-order valence-electron chi connectivity index (χ3n) is 5.29. The minimum absolute atomic E-state index is 0.0121. The molecule has 0 fully saturated rings. The van der Waals surface area contributed by atoms with E-state index in [0.29, 0.717) is 18.6 Å². The van der Waals surface area contributed by atoms with Gasteiger partial charge in [-0.1, -0.05) is 24.3 Å². The molecule has 0 radical (unpaired) electrons. The molecule has 1 unspecified atom stereocenters. The van der Waals surface area contributed by atoms with Gasteiger partial charge in [0.2, 0.25) is 0 Å². The van der Waals surface area contributed by atoms with Crippen LogP contribution < -0.4 is 9.47 Å². The molecule has 3 rings (SSSR count). The number of para-hydroxylation sites is 1. The minimum atomic E-state index is -4.49. The lowest BCUT2D eigenvalue weighted by atomic mass is 10.0. The standard InChI is InChI=1S/C27H27F3O4S/c1-18-16-23(11-8-20(18)9-13-26(31)32)35-15-14-19(2)33-24-12-10-21(27(28,29)30)17-25(24)34-22-6-4-3-5-7-22/h3-8,10-12,16-17,19H,9,13-15H2,1-2H3,(H,31,32). The Kier molecular flexibility index (Phi) is 9.09. The van der Waals surface area contributed by atoms with Crippen molar-refractivity contribution in [3.63, 3.8) is 0 Å². The number of alkyl halides is 3. The molecular weight excluding hydrogens is 477 g/mol. The van der Waals surface area contributed by atoms with Crippen molar-refractivity contribution in [2.45, 2.75) is 50.3 Å². The lowest BCUT2D eigenvalue weighted by molar-refractivity contribution is -0.138. The topological polar surface area (TPSA) is 55.8 Å². The number of carbonyl (C=O) groups is 1. The summed E-state index contributed by atoms with van der Waals surface area (Å²) in [5.74, 6) is 0.602. The number of carboxylic acids is 1. The van der Waals surface area contributed by atoms with Gasteiger partial charge in [0.25, 0.3) is 0 Å². The summed E-state index contributed by atoms with van der Waals surface area (Å²) in [7, 11) is 0. The van der Waals surface area contributed by atoms with E-state index in [1.54, 1.807) is 42.1 Å². The molecule has 0 aliphatic rings. The van der Waals surface area contributed by atoms with Crippen LogP contribution >= 0.6 is 11.8 Å². The fourth-order valence-corrected chi connectivity index (χ4v) is 4.49. The Balaban J connectivity index is 1.61. The quantitative estimate of drug-likeness (QED) is 0.270. The predicted octanol–water partition coefficient (Wildman–Crippen LogP) is 7.77. The second-order valence-electron chi connectivity index (χ2n) is 8.12. The molecule has 0 aromatic heterocycles. The third kappa shape index (κ3) is 8.24. The molecule has 0 saturated heterocycles. The van der Waals surface area contributed by atoms with Gasteiger partial charge >= 0.3 is 12.1 Å². The Morgan fingerprint density at radius 2 is 1.77 bits per heavy atom. The molecule has 0 aliphatic carbocycles. The van der Waals surface area contributed by atoms with Crippen molar-refractivity contribution in [1.82, 2.24) is 0 Å². The number of aliphatic carboxylic acids is 1. The van der Waals surface area contributed by atoms with Crippen LogP contribution in [0.25, 0.3) is 0 Å². The summed E-state index contributed by atoms with van der Waals surface area (Å²) < 4.78 is 51.4. The van der Waals surface area contributed by atoms with E-state index in [1.807, 2.05) is 32.0 Å². The van der Waals surface area contributed by atoms with Crippen molar-refractivity contribution in [3.05, 3.63) is 83.4 Å². The lowest BCUT2D eigenvalue weighted by Gasteiger charge is -2.19. The number of carboxylic acid groups (broad SMARTS) is 1. The summed E-state index contributed by atoms with van der Waals surface area (Å²) in [6.45, 7) is 3.83. The Morgan fingerprint density at radius 3 is 2.43 bits per heavy atom. The van der Waals surface area contributed by atoms with Crippen molar-refractivity contribution in [2.75, 3.05) is 5.75 Å². The molecule has 8 heteroatoms. The number of halogens is 3. The second-order valence-corrected chi connectivity index (χ2v) is 9.29. The number of benzene rings is 3. The molecule has 1 N–H and O–H groups in total. The molecule has 186 valence electrons. The number of thioether (sulfide) groups is 1. The van der Waals surface area contributed by atoms with E-state index >= 15 is 0 Å². The third-order valence-corrected chi connectivity index (χ3v) is 6.31. The number of aryl methyl sites for hydroxylation is 2. The molecule has 0 spiro atoms. The van der Waals surface area contributed by atoms with Gasteiger partial charge in [0, 0.05) is 17.1 Å². The summed E-state index contributed by atoms with van der Waals surface area (Å²) >= 11 is 1.64. The SMILES string of the molecule is Cc1cc(SCCC(C)Oc2ccc(C(F)(F)F)cc2Oc2ccccc2)ccc1CCC(=O)O. The summed E-state index contributed by atoms with van der Waals surface area (Å²) in [6, 6.07) is 17.8. The summed E-state index contributed by atoms with van der Waals surface area (Å²) in [5.41, 5.74) is 1.26. The molecule has 3 aromatic rings. The van der Waals surface area contributed by atoms with Crippen LogP contribution in [0.3, 0.4) is 0 Å². The van der Waals surface area contributed by atoms with E-state index < -0.39 is 17.7 Å². The maximum atomic E-state index is 13.2. The maximum absolute atomic E-state index is 13.2. The van der Waals surface area contributed by atoms with Gasteiger partial charge in [-0.25, -0.2) is 0 Å². The molecule has 1 atom stereocenters. The normalized spacial score (nSPS) is 12.3. The number of hydrogen-bond acceptors (Lipinski definition) is 4. The van der Waals surface area contributed by atoms with Crippen LogP contribution in [-0.2, 0) is 17.4 Å². The van der Waals surface area contributed by atoms with Gasteiger partial charge in [-0.15, -0.1) is 11.8 Å². The van der Waals surface area contributed by atoms with E-state index in [2.05, 4.69) is 0 Å². The highest BCUT2D eigenvalue weighted by atomic mass is 32.2. The van der Waals surface area contributed by atoms with Crippen LogP contribution in [0.5, 0.6) is 17.2 Å². The zero-order valence-electron chi connectivity index (χ0n) is 19.5. The minimum Gasteiger partial charge on any atom is -0.487 e. The summed E-state index contributed by atoms with van der Waals surface area (Å²) in [6.07, 6.45) is -3.49. The summed E-state index contributed by atoms with van der Waals surface area (Å²) in [5, 5.41) is 8.86. The average molecular weight is 505 g/mol. The van der Waals surface area contributed by atoms with Crippen LogP contribution in [0.4, 0.5) is 13.2 Å². The van der Waals surface area contributed by atoms with E-state index in [-0.39, 0.29) is 24.0 Å². The number of hydrogen-bond donors (Lipinski definition) is 1. The van der Waals surface area contributed by atoms with Gasteiger partial charge in [-0.2, -0.15) is 13.2 Å². The summed E-state index contributed by atoms with van der Waals surface area (Å²) in [4.78, 5) is 11.9. The molecular formula is C27H27F3O4S. The van der Waals surface area contributed by atoms with Gasteiger partial charge in [0.15, 0.2) is 11.5 Å². The molecule has 35 heavy (non-hydrogen) atoms. The van der Waals surface area contributed by atoms with Crippen molar-refractivity contribution >= 4 is 17.7 Å². The lowest BCUT2D eigenvalue weighted by Crippen LogP contribution is -2.14. The van der Waals surface area contributed by atoms with Gasteiger partial charge in [0.1, 0.15) is 5.75 Å². The maximum Gasteiger partial charge on any atom is 0.416 e. The highest BCUT2D eigenvalue weighted by molar-refractivity contribution is 7.99. The van der Waals surface area contributed by atoms with Crippen molar-refractivity contribution < 1.29 is 32.5 Å². The monoisotopic (exact) mass is 504 g/mol. The molecule has 0 saturated carbocycles. The van der Waals surface area contributed by atoms with Crippen LogP contribution in [0.1, 0.15) is 36.5 Å². The Morgan fingerprint density at radius 1 is 1.03 bits per heavy atom. The zero-order valence-corrected chi connectivity index (χ0v) is 20.3. The van der Waals surface area contributed by atoms with E-state index in [4.69, 9.17) is 14.6 Å². The van der Waals surface area contributed by atoms with E-state index in [1.165, 1.54) is 6.07 Å². The zero-order chi connectivity index (χ0) is 25.4. The Hall–Kier alpha value is -3.13. The second kappa shape index (κ2) is 12.0. The fraction of sp³-hybridized carbons (Fsp3) is 0.296. The molecule has 0 heterocycles. The van der Waals surface area contributed by atoms with Crippen molar-refractivity contribution in [1.29, 1.82) is 0 Å². The number of ether oxygens (including phenoxy) is 2. The highest BCUT2D eigenvalue weighted by Gasteiger charge is 2.31. The van der Waals surface area contributed by atoms with E-state index in [0.717, 1.165) is 33.9 Å². The first-order valence-electron chi connectivity index (χ1n) is 11.2. The smallest absolute Gasteiger partial charge is 0.416 e. The highest BCUT2D eigenvalue weighted by Crippen LogP contribution is 2.39. The van der Waals surface area contributed by atoms with Crippen LogP contribution in [-0.4, -0.2) is 22.9 Å². The number of rotatable bonds is 11. The fourth-order valence-electron chi connectivity index (χ4n) is 3.38. The van der Waals surface area contributed by atoms with Crippen molar-refractivity contribution in [2.24, 2.45) is 0 Å². The molecule has 3 aromatic carbocycles. The molecule has 4 nitrogen and oxygen atoms in total. The molecule has 0 bridgehead atoms. The van der Waals surface area contributed by atoms with Crippen LogP contribution in [0.2, 0.25) is 0 Å². The predicted molar refractivity (Wildman–Crippen MR) is 131 cm³/mol. The molecule has 0 aliphatic heterocycles. The Labute approximate surface area is 207 Å². The largest absolute Gasteiger partial charge is 0.487 e. The van der Waals surface area contributed by atoms with Gasteiger partial charge in [-0.05, 0) is 80.3 Å². The first-order chi connectivity index (χ1) is 16.6. The van der Waals surface area contributed by atoms with Gasteiger partial charge < -0.3 is 14.6 Å². The van der Waals surface area contributed by atoms with Crippen molar-refractivity contribution in [3.8, 4) is 17.2 Å². The Bertz CT molecular complexity index is 1130. The first-order valence-corrected chi connectivity index (χ1v) is 12.2. The molecule has 0 amide bonds. The van der Waals surface area contributed by atoms with E-state index in [9.17, 15) is 18.0 Å². The van der Waals surface area contributed by atoms with Gasteiger partial charge in [-0.3, -0.25) is 4.79 Å². The van der Waals surface area contributed by atoms with Crippen LogP contribution in [0, 0.1) is 6.92 Å². The average Bonchev–Trinajstić information content (AvgIpc) is 2.79. The van der Waals surface area contributed by atoms with Crippen LogP contribution in [0.15, 0.2) is 71.6 Å².